The fourth-order valence-corrected chi connectivity index (χ4v) is 1.51. The summed E-state index contributed by atoms with van der Waals surface area (Å²) in [5.74, 6) is -0.417. The van der Waals surface area contributed by atoms with E-state index >= 15 is 0 Å². The average Bonchev–Trinajstić information content (AvgIpc) is 2.31. The molecule has 0 saturated carbocycles. The van der Waals surface area contributed by atoms with E-state index in [9.17, 15) is 4.79 Å². The smallest absolute Gasteiger partial charge is 0.251 e. The second-order valence-corrected chi connectivity index (χ2v) is 4.61. The number of oxime groups is 1. The molecule has 0 bridgehead atoms. The van der Waals surface area contributed by atoms with Crippen LogP contribution < -0.4 is 11.1 Å². The van der Waals surface area contributed by atoms with Gasteiger partial charge in [0.15, 0.2) is 5.84 Å². The van der Waals surface area contributed by atoms with Crippen molar-refractivity contribution in [1.29, 1.82) is 0 Å². The van der Waals surface area contributed by atoms with E-state index in [1.54, 1.807) is 19.1 Å². The fraction of sp³-hybridized carbons (Fsp3) is 0.200. The molecular formula is C10H11BrClN3O2. The standard InChI is InChI=1S/C10H11BrClN3O2/c1-5(9(13)15-17)14-10(16)6-2-3-7(11)8(12)4-6/h2-5,17H,1H3,(H2,13,15)(H,14,16). The maximum absolute atomic E-state index is 11.8. The van der Waals surface area contributed by atoms with Crippen molar-refractivity contribution in [2.75, 3.05) is 0 Å². The third-order valence-corrected chi connectivity index (χ3v) is 3.32. The lowest BCUT2D eigenvalue weighted by Gasteiger charge is -2.12. The zero-order valence-corrected chi connectivity index (χ0v) is 11.3. The molecule has 0 aliphatic heterocycles. The SMILES string of the molecule is CC(NC(=O)c1ccc(Br)c(Cl)c1)/C(N)=N/O. The molecule has 1 rings (SSSR count). The Balaban J connectivity index is 2.80. The Bertz CT molecular complexity index is 465. The molecule has 1 unspecified atom stereocenters. The Morgan fingerprint density at radius 3 is 2.82 bits per heavy atom. The minimum absolute atomic E-state index is 0.0680. The number of amides is 1. The van der Waals surface area contributed by atoms with E-state index in [-0.39, 0.29) is 11.7 Å². The first-order chi connectivity index (χ1) is 7.95. The number of hydrogen-bond acceptors (Lipinski definition) is 3. The van der Waals surface area contributed by atoms with Crippen LogP contribution in [-0.2, 0) is 0 Å². The molecule has 0 fully saturated rings. The van der Waals surface area contributed by atoms with Gasteiger partial charge >= 0.3 is 0 Å². The Morgan fingerprint density at radius 1 is 1.65 bits per heavy atom. The van der Waals surface area contributed by atoms with E-state index in [1.165, 1.54) is 6.07 Å². The summed E-state index contributed by atoms with van der Waals surface area (Å²) in [6.07, 6.45) is 0. The normalized spacial score (nSPS) is 13.2. The number of amidine groups is 1. The highest BCUT2D eigenvalue weighted by atomic mass is 79.9. The molecule has 92 valence electrons. The number of hydrogen-bond donors (Lipinski definition) is 3. The predicted molar refractivity (Wildman–Crippen MR) is 69.5 cm³/mol. The number of rotatable bonds is 3. The number of halogens is 2. The molecule has 0 aliphatic carbocycles. The van der Waals surface area contributed by atoms with Gasteiger partial charge in [0.25, 0.3) is 5.91 Å². The van der Waals surface area contributed by atoms with Gasteiger partial charge in [-0.25, -0.2) is 0 Å². The monoisotopic (exact) mass is 319 g/mol. The lowest BCUT2D eigenvalue weighted by Crippen LogP contribution is -2.42. The molecule has 0 aliphatic rings. The van der Waals surface area contributed by atoms with Crippen molar-refractivity contribution in [3.63, 3.8) is 0 Å². The van der Waals surface area contributed by atoms with Crippen molar-refractivity contribution in [3.8, 4) is 0 Å². The number of benzene rings is 1. The molecule has 4 N–H and O–H groups in total. The Labute approximate surface area is 112 Å². The molecule has 0 saturated heterocycles. The highest BCUT2D eigenvalue weighted by molar-refractivity contribution is 9.10. The minimum atomic E-state index is -0.560. The molecule has 0 heterocycles. The molecule has 1 aromatic rings. The molecule has 1 amide bonds. The summed E-state index contributed by atoms with van der Waals surface area (Å²) in [5.41, 5.74) is 5.75. The molecule has 1 aromatic carbocycles. The number of nitrogens with two attached hydrogens (primary N) is 1. The number of nitrogens with one attached hydrogen (secondary N) is 1. The second kappa shape index (κ2) is 5.88. The molecule has 0 radical (unpaired) electrons. The molecule has 7 heteroatoms. The van der Waals surface area contributed by atoms with E-state index in [4.69, 9.17) is 22.5 Å². The maximum Gasteiger partial charge on any atom is 0.251 e. The summed E-state index contributed by atoms with van der Waals surface area (Å²) in [7, 11) is 0. The Hall–Kier alpha value is -1.27. The van der Waals surface area contributed by atoms with Crippen LogP contribution in [0.5, 0.6) is 0 Å². The third kappa shape index (κ3) is 3.61. The zero-order chi connectivity index (χ0) is 13.0. The average molecular weight is 321 g/mol. The third-order valence-electron chi connectivity index (χ3n) is 2.09. The van der Waals surface area contributed by atoms with Gasteiger partial charge < -0.3 is 16.3 Å². The van der Waals surface area contributed by atoms with Gasteiger partial charge in [-0.05, 0) is 41.1 Å². The van der Waals surface area contributed by atoms with Crippen LogP contribution in [0.4, 0.5) is 0 Å². The topological polar surface area (TPSA) is 87.7 Å². The van der Waals surface area contributed by atoms with Gasteiger partial charge in [-0.3, -0.25) is 4.79 Å². The van der Waals surface area contributed by atoms with Crippen LogP contribution in [0.1, 0.15) is 17.3 Å². The minimum Gasteiger partial charge on any atom is -0.409 e. The van der Waals surface area contributed by atoms with Crippen LogP contribution in [0, 0.1) is 0 Å². The summed E-state index contributed by atoms with van der Waals surface area (Å²) in [5, 5.41) is 14.3. The van der Waals surface area contributed by atoms with Crippen LogP contribution in [-0.4, -0.2) is 23.0 Å². The largest absolute Gasteiger partial charge is 0.409 e. The summed E-state index contributed by atoms with van der Waals surface area (Å²) >= 11 is 9.10. The van der Waals surface area contributed by atoms with Gasteiger partial charge in [0.05, 0.1) is 11.1 Å². The van der Waals surface area contributed by atoms with E-state index in [0.717, 1.165) is 0 Å². The molecule has 0 spiro atoms. The predicted octanol–water partition coefficient (Wildman–Crippen LogP) is 1.97. The first kappa shape index (κ1) is 13.8. The van der Waals surface area contributed by atoms with E-state index < -0.39 is 6.04 Å². The van der Waals surface area contributed by atoms with E-state index in [1.807, 2.05) is 0 Å². The van der Waals surface area contributed by atoms with Crippen LogP contribution in [0.2, 0.25) is 5.02 Å². The maximum atomic E-state index is 11.8. The van der Waals surface area contributed by atoms with Crippen molar-refractivity contribution < 1.29 is 10.0 Å². The van der Waals surface area contributed by atoms with Gasteiger partial charge in [0, 0.05) is 10.0 Å². The molecule has 1 atom stereocenters. The van der Waals surface area contributed by atoms with Gasteiger partial charge in [-0.15, -0.1) is 0 Å². The van der Waals surface area contributed by atoms with Crippen molar-refractivity contribution in [2.45, 2.75) is 13.0 Å². The molecular weight excluding hydrogens is 309 g/mol. The van der Waals surface area contributed by atoms with Crippen molar-refractivity contribution in [1.82, 2.24) is 5.32 Å². The lowest BCUT2D eigenvalue weighted by atomic mass is 10.2. The highest BCUT2D eigenvalue weighted by Crippen LogP contribution is 2.23. The van der Waals surface area contributed by atoms with Crippen LogP contribution >= 0.6 is 27.5 Å². The Kier molecular flexibility index (Phi) is 4.77. The molecule has 0 aromatic heterocycles. The summed E-state index contributed by atoms with van der Waals surface area (Å²) in [4.78, 5) is 11.8. The first-order valence-electron chi connectivity index (χ1n) is 4.69. The lowest BCUT2D eigenvalue weighted by molar-refractivity contribution is 0.0948. The van der Waals surface area contributed by atoms with E-state index in [0.29, 0.717) is 15.1 Å². The number of carbonyl (C=O) groups is 1. The van der Waals surface area contributed by atoms with Crippen molar-refractivity contribution in [2.24, 2.45) is 10.9 Å². The second-order valence-electron chi connectivity index (χ2n) is 3.35. The van der Waals surface area contributed by atoms with Crippen LogP contribution in [0.3, 0.4) is 0 Å². The van der Waals surface area contributed by atoms with Crippen molar-refractivity contribution >= 4 is 39.3 Å². The summed E-state index contributed by atoms with van der Waals surface area (Å²) < 4.78 is 0.709. The highest BCUT2D eigenvalue weighted by Gasteiger charge is 2.13. The summed E-state index contributed by atoms with van der Waals surface area (Å²) in [6.45, 7) is 1.60. The Morgan fingerprint density at radius 2 is 2.29 bits per heavy atom. The van der Waals surface area contributed by atoms with Gasteiger partial charge in [-0.1, -0.05) is 16.8 Å². The molecule has 17 heavy (non-hydrogen) atoms. The number of nitrogens with zero attached hydrogens (tertiary/aromatic N) is 1. The molecule has 5 nitrogen and oxygen atoms in total. The zero-order valence-electron chi connectivity index (χ0n) is 8.95. The quantitative estimate of drug-likeness (QED) is 0.344. The fourth-order valence-electron chi connectivity index (χ4n) is 1.08. The van der Waals surface area contributed by atoms with Crippen LogP contribution in [0.25, 0.3) is 0 Å². The van der Waals surface area contributed by atoms with Gasteiger partial charge in [-0.2, -0.15) is 0 Å². The first-order valence-corrected chi connectivity index (χ1v) is 5.86. The van der Waals surface area contributed by atoms with E-state index in [2.05, 4.69) is 26.4 Å². The van der Waals surface area contributed by atoms with Gasteiger partial charge in [0.2, 0.25) is 0 Å². The van der Waals surface area contributed by atoms with Gasteiger partial charge in [0.1, 0.15) is 0 Å². The number of carbonyl (C=O) groups excluding carboxylic acids is 1. The van der Waals surface area contributed by atoms with Crippen LogP contribution in [0.15, 0.2) is 27.8 Å². The summed E-state index contributed by atoms with van der Waals surface area (Å²) in [6, 6.07) is 4.25. The van der Waals surface area contributed by atoms with Crippen molar-refractivity contribution in [3.05, 3.63) is 33.3 Å².